The highest BCUT2D eigenvalue weighted by molar-refractivity contribution is 5.86. The Morgan fingerprint density at radius 1 is 0.398 bits per heavy atom. The van der Waals surface area contributed by atoms with Gasteiger partial charge in [-0.15, -0.1) is 0 Å². The average molecular weight is 1210 g/mol. The van der Waals surface area contributed by atoms with Crippen molar-refractivity contribution >= 4 is 67.7 Å². The van der Waals surface area contributed by atoms with Gasteiger partial charge in [0.1, 0.15) is 52.6 Å². The molecule has 11 rings (SSSR count). The molecular weight excluding hydrogens is 1130 g/mol. The summed E-state index contributed by atoms with van der Waals surface area (Å²) in [5, 5.41) is 2.16. The minimum Gasteiger partial charge on any atom is -0.383 e. The molecule has 0 aliphatic heterocycles. The number of nitrogens with two attached hydrogens (primary N) is 4. The Balaban J connectivity index is 0.000000187. The Bertz CT molecular complexity index is 4380. The number of H-pyrrole nitrogens is 4. The van der Waals surface area contributed by atoms with Gasteiger partial charge in [0.15, 0.2) is 11.5 Å². The fourth-order valence-electron chi connectivity index (χ4n) is 8.32. The first kappa shape index (κ1) is 68.2. The molecule has 88 heavy (non-hydrogen) atoms. The van der Waals surface area contributed by atoms with Crippen molar-refractivity contribution in [1.82, 2.24) is 91.8 Å². The van der Waals surface area contributed by atoms with E-state index in [1.807, 2.05) is 93.7 Å². The van der Waals surface area contributed by atoms with Crippen LogP contribution in [0.15, 0.2) is 120 Å². The number of fused-ring (bicyclic) bond motifs is 4. The van der Waals surface area contributed by atoms with E-state index in [4.69, 9.17) is 22.9 Å². The number of aryl methyl sites for hydroxylation is 2. The summed E-state index contributed by atoms with van der Waals surface area (Å²) >= 11 is 0. The molecule has 0 aromatic carbocycles. The zero-order chi connectivity index (χ0) is 65.6. The van der Waals surface area contributed by atoms with Crippen LogP contribution in [0.1, 0.15) is 151 Å². The van der Waals surface area contributed by atoms with E-state index in [-0.39, 0.29) is 75.2 Å². The third kappa shape index (κ3) is 17.3. The van der Waals surface area contributed by atoms with Crippen molar-refractivity contribution in [3.05, 3.63) is 171 Å². The van der Waals surface area contributed by atoms with Crippen molar-refractivity contribution in [3.8, 4) is 0 Å². The summed E-state index contributed by atoms with van der Waals surface area (Å²) in [6.07, 6.45) is 15.1. The Labute approximate surface area is 504 Å². The Morgan fingerprint density at radius 2 is 0.852 bits per heavy atom. The second-order valence-corrected chi connectivity index (χ2v) is 22.0. The molecule has 0 bridgehead atoms. The molecule has 11 aromatic rings. The van der Waals surface area contributed by atoms with Gasteiger partial charge in [-0.25, -0.2) is 44.3 Å². The summed E-state index contributed by atoms with van der Waals surface area (Å²) in [4.78, 5) is 120. The van der Waals surface area contributed by atoms with Crippen molar-refractivity contribution in [3.63, 3.8) is 0 Å². The molecule has 0 amide bonds. The van der Waals surface area contributed by atoms with Crippen molar-refractivity contribution < 1.29 is 0 Å². The third-order valence-electron chi connectivity index (χ3n) is 13.0. The smallest absolute Gasteiger partial charge is 0.349 e. The molecule has 0 saturated heterocycles. The summed E-state index contributed by atoms with van der Waals surface area (Å²) in [6, 6.07) is 10.1. The van der Waals surface area contributed by atoms with Gasteiger partial charge in [0.05, 0.1) is 22.5 Å². The molecule has 30 nitrogen and oxygen atoms in total. The van der Waals surface area contributed by atoms with Crippen LogP contribution in [0.5, 0.6) is 0 Å². The number of hydrogen-bond acceptors (Lipinski definition) is 19. The number of anilines is 4. The van der Waals surface area contributed by atoms with Gasteiger partial charge in [-0.1, -0.05) is 0 Å². The number of hydrogen-bond donors (Lipinski definition) is 8. The van der Waals surface area contributed by atoms with Crippen molar-refractivity contribution in [1.29, 1.82) is 0 Å². The molecule has 11 heterocycles. The second-order valence-electron chi connectivity index (χ2n) is 22.0. The van der Waals surface area contributed by atoms with E-state index in [9.17, 15) is 33.6 Å². The molecule has 12 N–H and O–H groups in total. The van der Waals surface area contributed by atoms with Gasteiger partial charge < -0.3 is 46.2 Å². The molecule has 0 aliphatic rings. The number of aromatic nitrogens is 19. The minimum absolute atomic E-state index is 0.0631. The Hall–Kier alpha value is -10.6. The van der Waals surface area contributed by atoms with Gasteiger partial charge in [-0.2, -0.15) is 9.97 Å². The lowest BCUT2D eigenvalue weighted by molar-refractivity contribution is 0.558. The zero-order valence-corrected chi connectivity index (χ0v) is 52.5. The lowest BCUT2D eigenvalue weighted by Gasteiger charge is -2.08. The summed E-state index contributed by atoms with van der Waals surface area (Å²) in [5.41, 5.74) is 24.6. The van der Waals surface area contributed by atoms with Crippen LogP contribution in [-0.4, -0.2) is 91.8 Å². The van der Waals surface area contributed by atoms with Crippen LogP contribution in [-0.2, 0) is 0 Å². The molecular formula is C58H81N23O7. The molecule has 0 spiro atoms. The Morgan fingerprint density at radius 3 is 1.38 bits per heavy atom. The highest BCUT2D eigenvalue weighted by Gasteiger charge is 2.13. The van der Waals surface area contributed by atoms with Crippen LogP contribution in [0.25, 0.3) is 44.3 Å². The Kier molecular flexibility index (Phi) is 23.3. The first-order valence-corrected chi connectivity index (χ1v) is 28.2. The molecule has 470 valence electrons. The minimum atomic E-state index is -0.355. The maximum atomic E-state index is 11.5. The van der Waals surface area contributed by atoms with Gasteiger partial charge in [0.25, 0.3) is 22.2 Å². The van der Waals surface area contributed by atoms with Gasteiger partial charge in [0.2, 0.25) is 5.95 Å². The predicted octanol–water partition coefficient (Wildman–Crippen LogP) is 6.04. The van der Waals surface area contributed by atoms with E-state index in [0.717, 1.165) is 22.3 Å². The van der Waals surface area contributed by atoms with Crippen molar-refractivity contribution in [2.24, 2.45) is 0 Å². The topological polar surface area (TPSA) is 424 Å². The number of nitrogens with zero attached hydrogens (tertiary/aromatic N) is 15. The lowest BCUT2D eigenvalue weighted by Crippen LogP contribution is -2.31. The van der Waals surface area contributed by atoms with Crippen LogP contribution in [0.4, 0.5) is 23.4 Å². The molecule has 0 fully saturated rings. The van der Waals surface area contributed by atoms with Gasteiger partial charge in [0, 0.05) is 91.1 Å². The number of aromatic amines is 4. The van der Waals surface area contributed by atoms with E-state index in [1.165, 1.54) is 38.6 Å². The lowest BCUT2D eigenvalue weighted by atomic mass is 10.3. The number of nitrogen functional groups attached to an aromatic ring is 4. The summed E-state index contributed by atoms with van der Waals surface area (Å²) < 4.78 is 12.4. The van der Waals surface area contributed by atoms with Crippen molar-refractivity contribution in [2.75, 3.05) is 22.9 Å². The maximum Gasteiger partial charge on any atom is 0.349 e. The fraction of sp³-hybridized carbons (Fsp3) is 0.397. The normalized spacial score (nSPS) is 11.0. The summed E-state index contributed by atoms with van der Waals surface area (Å²) in [7, 11) is 0. The summed E-state index contributed by atoms with van der Waals surface area (Å²) in [6.45, 7) is 31.4. The molecule has 0 radical (unpaired) electrons. The molecule has 0 saturated carbocycles. The molecule has 30 heteroatoms. The molecule has 0 aliphatic carbocycles. The SMILES string of the molecule is CC(C)n1ccc(=O)[nH]c1=O.CC(C)n1ccc(N)nc1=O.CC(C)n1ccc2c(=O)[nH]c(N)nc21.CC(C)n1ccc2c(N)ncnc21.CC(C)n1cnc2c(N)ncnc21.Cc1cn(C(C)C)c(=O)[nH]c1=O.Cc1nc2c(ccn2C(C)C)c(=O)[nH]1. The van der Waals surface area contributed by atoms with Crippen LogP contribution in [0.2, 0.25) is 0 Å². The maximum absolute atomic E-state index is 11.5. The van der Waals surface area contributed by atoms with Crippen LogP contribution >= 0.6 is 0 Å². The first-order chi connectivity index (χ1) is 41.3. The van der Waals surface area contributed by atoms with Gasteiger partial charge >= 0.3 is 17.1 Å². The average Bonchev–Trinajstić information content (AvgIpc) is 3.19. The number of nitrogens with one attached hydrogen (secondary N) is 4. The van der Waals surface area contributed by atoms with E-state index < -0.39 is 0 Å². The van der Waals surface area contributed by atoms with Crippen LogP contribution in [0.3, 0.4) is 0 Å². The molecule has 0 unspecified atom stereocenters. The van der Waals surface area contributed by atoms with Gasteiger partial charge in [-0.05, 0) is 135 Å². The van der Waals surface area contributed by atoms with Crippen LogP contribution in [0, 0.1) is 13.8 Å². The number of rotatable bonds is 7. The quantitative estimate of drug-likeness (QED) is 0.0902. The highest BCUT2D eigenvalue weighted by atomic mass is 16.2. The predicted molar refractivity (Wildman–Crippen MR) is 345 cm³/mol. The monoisotopic (exact) mass is 1210 g/mol. The van der Waals surface area contributed by atoms with Gasteiger partial charge in [-0.3, -0.25) is 47.8 Å². The second kappa shape index (κ2) is 30.0. The first-order valence-electron chi connectivity index (χ1n) is 28.2. The largest absolute Gasteiger partial charge is 0.383 e. The summed E-state index contributed by atoms with van der Waals surface area (Å²) in [5.74, 6) is 2.06. The number of imidazole rings is 1. The molecule has 11 aromatic heterocycles. The van der Waals surface area contributed by atoms with E-state index in [2.05, 4.69) is 106 Å². The fourth-order valence-corrected chi connectivity index (χ4v) is 8.32. The van der Waals surface area contributed by atoms with E-state index in [1.54, 1.807) is 50.8 Å². The highest BCUT2D eigenvalue weighted by Crippen LogP contribution is 2.21. The zero-order valence-electron chi connectivity index (χ0n) is 52.5. The van der Waals surface area contributed by atoms with E-state index >= 15 is 0 Å². The van der Waals surface area contributed by atoms with Crippen LogP contribution < -0.4 is 62.2 Å². The van der Waals surface area contributed by atoms with E-state index in [0.29, 0.717) is 63.1 Å². The standard InChI is InChI=1S/C10H13N3O.C9H12N4O.C9H12N4.C8H11N5.C8H12N2O2.C7H11N3O.C7H10N2O2/c1-6(2)13-5-4-8-9(13)11-7(3)12-10(8)14;1-5(2)13-4-3-6-7(13)11-9(10)12-8(6)14;1-6(2)13-4-3-7-8(10)11-5-12-9(7)13;1-5(2)13-4-12-6-7(9)10-3-11-8(6)13;1-5(2)10-4-6(3)7(11)9-8(10)12;1-5(2)10-4-3-6(8)9-7(10)11;1-5(2)9-4-3-6(10)8-7(9)11/h4-6H,1-3H3,(H,11,12,14);3-5H,1-2H3,(H3,10,11,12,14);3-6H,1-2H3,(H2,10,11,12);3-5H,1-2H3,(H2,9,10,11);4-5H,1-3H3,(H,9,11,12);3-5H,1-2H3,(H2,8,9,11);3-5H,1-2H3,(H,8,10,11). The van der Waals surface area contributed by atoms with Crippen molar-refractivity contribution in [2.45, 2.75) is 153 Å². The molecule has 0 atom stereocenters. The third-order valence-corrected chi connectivity index (χ3v) is 13.0.